The number of benzene rings is 1. The van der Waals surface area contributed by atoms with Crippen LogP contribution in [0.2, 0.25) is 5.02 Å². The maximum Gasteiger partial charge on any atom is 0.320 e. The number of carbonyl (C=O) groups excluding carboxylic acids is 2. The molecule has 5 rings (SSSR count). The zero-order valence-corrected chi connectivity index (χ0v) is 21.2. The molecule has 1 fully saturated rings. The Bertz CT molecular complexity index is 1360. The predicted molar refractivity (Wildman–Crippen MR) is 134 cm³/mol. The highest BCUT2D eigenvalue weighted by Crippen LogP contribution is 2.49. The largest absolute Gasteiger partial charge is 0.493 e. The number of nitrogens with two attached hydrogens (primary N) is 1. The number of methoxy groups -OCH3 is 1. The molecule has 0 saturated heterocycles. The zero-order chi connectivity index (χ0) is 26.4. The Hall–Kier alpha value is -3.28. The maximum absolute atomic E-state index is 13.6. The number of hydrogen-bond acceptors (Lipinski definition) is 8. The molecule has 37 heavy (non-hydrogen) atoms. The normalized spacial score (nSPS) is 17.2. The van der Waals surface area contributed by atoms with Crippen molar-refractivity contribution in [1.82, 2.24) is 4.98 Å². The summed E-state index contributed by atoms with van der Waals surface area (Å²) in [6, 6.07) is 10.4. The fourth-order valence-electron chi connectivity index (χ4n) is 4.48. The number of halogens is 3. The third-order valence-electron chi connectivity index (χ3n) is 6.16. The molecule has 2 aliphatic rings. The van der Waals surface area contributed by atoms with Crippen molar-refractivity contribution < 1.29 is 32.6 Å². The number of nitrogens with zero attached hydrogens (tertiary/aromatic N) is 2. The van der Waals surface area contributed by atoms with Crippen LogP contribution in [0, 0.1) is 0 Å². The summed E-state index contributed by atoms with van der Waals surface area (Å²) in [7, 11) is 1.43. The Morgan fingerprint density at radius 3 is 2.62 bits per heavy atom. The highest BCUT2D eigenvalue weighted by Gasteiger charge is 2.60. The first-order chi connectivity index (χ1) is 17.6. The predicted octanol–water partition coefficient (Wildman–Crippen LogP) is 4.68. The van der Waals surface area contributed by atoms with Crippen LogP contribution in [0.5, 0.6) is 11.5 Å². The number of amides is 1. The molecule has 0 unspecified atom stereocenters. The Morgan fingerprint density at radius 2 is 2.00 bits per heavy atom. The van der Waals surface area contributed by atoms with E-state index in [4.69, 9.17) is 31.5 Å². The smallest absolute Gasteiger partial charge is 0.320 e. The van der Waals surface area contributed by atoms with E-state index in [1.807, 2.05) is 6.07 Å². The minimum absolute atomic E-state index is 0.153. The molecule has 1 aliphatic carbocycles. The molecule has 0 radical (unpaired) electrons. The maximum atomic E-state index is 13.6. The van der Waals surface area contributed by atoms with Gasteiger partial charge in [0.25, 0.3) is 11.8 Å². The van der Waals surface area contributed by atoms with Crippen molar-refractivity contribution in [1.29, 1.82) is 0 Å². The van der Waals surface area contributed by atoms with Gasteiger partial charge in [-0.1, -0.05) is 11.6 Å². The van der Waals surface area contributed by atoms with Gasteiger partial charge in [0.05, 0.1) is 53.5 Å². The van der Waals surface area contributed by atoms with Gasteiger partial charge >= 0.3 is 5.97 Å². The number of ether oxygens (including phenoxy) is 3. The summed E-state index contributed by atoms with van der Waals surface area (Å²) in [5, 5.41) is 0.536. The quantitative estimate of drug-likeness (QED) is 0.407. The third kappa shape index (κ3) is 4.98. The lowest BCUT2D eigenvalue weighted by molar-refractivity contribution is -0.233. The van der Waals surface area contributed by atoms with Gasteiger partial charge in [-0.3, -0.25) is 14.6 Å². The third-order valence-corrected chi connectivity index (χ3v) is 7.58. The fourth-order valence-corrected chi connectivity index (χ4v) is 5.69. The summed E-state index contributed by atoms with van der Waals surface area (Å²) >= 11 is 7.28. The van der Waals surface area contributed by atoms with E-state index in [1.165, 1.54) is 18.4 Å². The average molecular weight is 550 g/mol. The topological polar surface area (TPSA) is 104 Å². The van der Waals surface area contributed by atoms with Crippen LogP contribution in [0.1, 0.15) is 28.1 Å². The number of pyridine rings is 1. The van der Waals surface area contributed by atoms with Crippen molar-refractivity contribution in [2.75, 3.05) is 25.2 Å². The molecule has 3 aromatic rings. The number of thiophene rings is 1. The Morgan fingerprint density at radius 1 is 1.22 bits per heavy atom. The van der Waals surface area contributed by atoms with E-state index in [0.29, 0.717) is 27.9 Å². The Labute approximate surface area is 219 Å². The van der Waals surface area contributed by atoms with Gasteiger partial charge in [-0.2, -0.15) is 0 Å². The van der Waals surface area contributed by atoms with E-state index >= 15 is 0 Å². The Kier molecular flexibility index (Phi) is 6.55. The molecule has 0 spiro atoms. The van der Waals surface area contributed by atoms with E-state index in [1.54, 1.807) is 41.4 Å². The average Bonchev–Trinajstić information content (AvgIpc) is 3.41. The summed E-state index contributed by atoms with van der Waals surface area (Å²) in [5.74, 6) is -3.30. The molecule has 0 atom stereocenters. The van der Waals surface area contributed by atoms with Crippen molar-refractivity contribution in [3.05, 3.63) is 58.1 Å². The lowest BCUT2D eigenvalue weighted by atomic mass is 9.77. The summed E-state index contributed by atoms with van der Waals surface area (Å²) in [5.41, 5.74) is 6.02. The van der Waals surface area contributed by atoms with Crippen LogP contribution in [-0.4, -0.2) is 48.6 Å². The van der Waals surface area contributed by atoms with Crippen molar-refractivity contribution in [2.24, 2.45) is 5.73 Å². The Balaban J connectivity index is 1.30. The molecule has 1 aliphatic heterocycles. The van der Waals surface area contributed by atoms with Crippen LogP contribution in [0.4, 0.5) is 14.5 Å². The second-order valence-corrected chi connectivity index (χ2v) is 10.4. The minimum Gasteiger partial charge on any atom is -0.493 e. The van der Waals surface area contributed by atoms with Gasteiger partial charge in [0, 0.05) is 18.0 Å². The zero-order valence-electron chi connectivity index (χ0n) is 19.6. The molecule has 2 N–H and O–H groups in total. The highest BCUT2D eigenvalue weighted by atomic mass is 35.5. The van der Waals surface area contributed by atoms with Crippen molar-refractivity contribution in [3.8, 4) is 22.1 Å². The van der Waals surface area contributed by atoms with E-state index in [2.05, 4.69) is 4.98 Å². The number of esters is 1. The van der Waals surface area contributed by atoms with Gasteiger partial charge in [0.2, 0.25) is 0 Å². The van der Waals surface area contributed by atoms with Crippen LogP contribution in [-0.2, 0) is 16.1 Å². The number of alkyl halides is 2. The first-order valence-electron chi connectivity index (χ1n) is 11.3. The van der Waals surface area contributed by atoms with Gasteiger partial charge < -0.3 is 24.8 Å². The van der Waals surface area contributed by atoms with E-state index in [0.717, 1.165) is 16.1 Å². The molecule has 2 aromatic heterocycles. The van der Waals surface area contributed by atoms with Gasteiger partial charge in [-0.15, -0.1) is 11.3 Å². The fraction of sp³-hybridized carbons (Fsp3) is 0.320. The second-order valence-electron chi connectivity index (χ2n) is 8.91. The van der Waals surface area contributed by atoms with Gasteiger partial charge in [0.1, 0.15) is 6.61 Å². The lowest BCUT2D eigenvalue weighted by Crippen LogP contribution is -2.58. The summed E-state index contributed by atoms with van der Waals surface area (Å²) < 4.78 is 43.5. The number of fused-ring (bicyclic) bond motifs is 1. The van der Waals surface area contributed by atoms with Gasteiger partial charge in [-0.25, -0.2) is 8.78 Å². The van der Waals surface area contributed by atoms with E-state index in [-0.39, 0.29) is 18.3 Å². The summed E-state index contributed by atoms with van der Waals surface area (Å²) in [6.45, 7) is -0.335. The van der Waals surface area contributed by atoms with E-state index in [9.17, 15) is 18.4 Å². The van der Waals surface area contributed by atoms with Gasteiger partial charge in [-0.05, 0) is 35.9 Å². The van der Waals surface area contributed by atoms with Crippen LogP contribution in [0.3, 0.4) is 0 Å². The number of anilines is 1. The molecular formula is C25H22ClF2N3O5S. The minimum atomic E-state index is -2.94. The lowest BCUT2D eigenvalue weighted by Gasteiger charge is -2.45. The molecule has 3 heterocycles. The van der Waals surface area contributed by atoms with Crippen LogP contribution in [0.15, 0.2) is 42.6 Å². The first kappa shape index (κ1) is 25.4. The van der Waals surface area contributed by atoms with Crippen LogP contribution in [0.25, 0.3) is 10.6 Å². The molecule has 1 aromatic carbocycles. The van der Waals surface area contributed by atoms with Gasteiger partial charge in [0.15, 0.2) is 17.1 Å². The summed E-state index contributed by atoms with van der Waals surface area (Å²) in [4.78, 5) is 32.3. The number of hydrogen-bond donors (Lipinski definition) is 1. The second kappa shape index (κ2) is 9.55. The molecule has 1 amide bonds. The first-order valence-corrected chi connectivity index (χ1v) is 12.5. The monoisotopic (exact) mass is 549 g/mol. The highest BCUT2D eigenvalue weighted by molar-refractivity contribution is 7.17. The molecule has 8 nitrogen and oxygen atoms in total. The standard InChI is InChI=1S/C25H22ClF2N3O5S/c1-34-19-7-16(3-5-18(19)35-13-24(36-21(32)8-29)11-25(27,28)12-24)31-10-14-6-20(37-22(14)23(31)33)17-4-2-15(26)9-30-17/h2-7,9H,8,10-13,29H2,1H3. The number of aromatic nitrogens is 1. The van der Waals surface area contributed by atoms with Crippen LogP contribution < -0.4 is 20.1 Å². The van der Waals surface area contributed by atoms with E-state index < -0.39 is 36.9 Å². The molecule has 0 bridgehead atoms. The molecule has 1 saturated carbocycles. The summed E-state index contributed by atoms with van der Waals surface area (Å²) in [6.07, 6.45) is 0.265. The SMILES string of the molecule is COc1cc(N2Cc3cc(-c4ccc(Cl)cn4)sc3C2=O)ccc1OCC1(OC(=O)CN)CC(F)(F)C1. The van der Waals surface area contributed by atoms with Crippen molar-refractivity contribution in [2.45, 2.75) is 30.9 Å². The molecule has 12 heteroatoms. The number of rotatable bonds is 8. The van der Waals surface area contributed by atoms with Crippen LogP contribution >= 0.6 is 22.9 Å². The molecular weight excluding hydrogens is 528 g/mol. The number of carbonyl (C=O) groups is 2. The van der Waals surface area contributed by atoms with Crippen molar-refractivity contribution in [3.63, 3.8) is 0 Å². The molecule has 194 valence electrons. The van der Waals surface area contributed by atoms with Crippen molar-refractivity contribution >= 4 is 40.5 Å².